The molecule has 0 aromatic rings. The fourth-order valence-electron chi connectivity index (χ4n) is 3.23. The molecule has 0 aliphatic carbocycles. The molecule has 6 nitrogen and oxygen atoms in total. The largest absolute Gasteiger partial charge is 0.379 e. The van der Waals surface area contributed by atoms with Crippen molar-refractivity contribution in [2.45, 2.75) is 12.0 Å². The van der Waals surface area contributed by atoms with Gasteiger partial charge in [-0.1, -0.05) is 0 Å². The molecule has 3 heterocycles. The minimum Gasteiger partial charge on any atom is -0.379 e. The summed E-state index contributed by atoms with van der Waals surface area (Å²) >= 11 is 1.92. The third-order valence-electron chi connectivity index (χ3n) is 4.45. The summed E-state index contributed by atoms with van der Waals surface area (Å²) in [4.78, 5) is 29.5. The molecule has 3 amide bonds. The molecule has 1 unspecified atom stereocenters. The normalized spacial score (nSPS) is 32.5. The second-order valence-electron chi connectivity index (χ2n) is 5.74. The third-order valence-corrected chi connectivity index (χ3v) is 5.68. The topological polar surface area (TPSA) is 53.1 Å². The highest BCUT2D eigenvalue weighted by Gasteiger charge is 2.46. The Morgan fingerprint density at radius 3 is 2.60 bits per heavy atom. The molecule has 20 heavy (non-hydrogen) atoms. The third kappa shape index (κ3) is 2.42. The van der Waals surface area contributed by atoms with Crippen LogP contribution in [0.5, 0.6) is 0 Å². The standard InChI is InChI=1S/C13H21N3O3S/c1-14-8-11(17)16(12(14)18)9-13(2-7-20-10-13)15-3-5-19-6-4-15/h2-10H2,1H3. The predicted molar refractivity (Wildman–Crippen MR) is 76.8 cm³/mol. The molecule has 3 aliphatic rings. The lowest BCUT2D eigenvalue weighted by molar-refractivity contribution is -0.127. The molecule has 0 aromatic heterocycles. The van der Waals surface area contributed by atoms with Crippen LogP contribution >= 0.6 is 11.8 Å². The van der Waals surface area contributed by atoms with Crippen LogP contribution in [0, 0.1) is 0 Å². The van der Waals surface area contributed by atoms with Crippen molar-refractivity contribution in [3.8, 4) is 0 Å². The number of ether oxygens (including phenoxy) is 1. The highest BCUT2D eigenvalue weighted by atomic mass is 32.2. The fourth-order valence-corrected chi connectivity index (χ4v) is 4.69. The van der Waals surface area contributed by atoms with Gasteiger partial charge in [0.15, 0.2) is 0 Å². The van der Waals surface area contributed by atoms with Crippen LogP contribution in [0.1, 0.15) is 6.42 Å². The fraction of sp³-hybridized carbons (Fsp3) is 0.846. The predicted octanol–water partition coefficient (Wildman–Crippen LogP) is 0.0883. The number of hydrogen-bond acceptors (Lipinski definition) is 5. The van der Waals surface area contributed by atoms with E-state index >= 15 is 0 Å². The highest BCUT2D eigenvalue weighted by molar-refractivity contribution is 7.99. The number of amides is 3. The lowest BCUT2D eigenvalue weighted by Gasteiger charge is -2.44. The van der Waals surface area contributed by atoms with E-state index in [1.807, 2.05) is 11.8 Å². The van der Waals surface area contributed by atoms with Gasteiger partial charge in [0.05, 0.1) is 13.2 Å². The van der Waals surface area contributed by atoms with E-state index in [2.05, 4.69) is 4.90 Å². The van der Waals surface area contributed by atoms with Crippen molar-refractivity contribution in [3.63, 3.8) is 0 Å². The van der Waals surface area contributed by atoms with Gasteiger partial charge in [-0.3, -0.25) is 14.6 Å². The van der Waals surface area contributed by atoms with E-state index in [0.717, 1.165) is 44.2 Å². The van der Waals surface area contributed by atoms with Crippen LogP contribution in [0.15, 0.2) is 0 Å². The first-order valence-electron chi connectivity index (χ1n) is 7.08. The van der Waals surface area contributed by atoms with E-state index in [1.165, 1.54) is 9.80 Å². The Balaban J connectivity index is 1.77. The highest BCUT2D eigenvalue weighted by Crippen LogP contribution is 2.35. The molecule has 0 bridgehead atoms. The smallest absolute Gasteiger partial charge is 0.327 e. The van der Waals surface area contributed by atoms with Gasteiger partial charge in [-0.25, -0.2) is 4.79 Å². The maximum atomic E-state index is 12.1. The lowest BCUT2D eigenvalue weighted by atomic mass is 9.95. The van der Waals surface area contributed by atoms with Gasteiger partial charge in [0.1, 0.15) is 6.54 Å². The maximum absolute atomic E-state index is 12.1. The zero-order valence-corrected chi connectivity index (χ0v) is 12.7. The van der Waals surface area contributed by atoms with Gasteiger partial charge in [-0.05, 0) is 12.2 Å². The van der Waals surface area contributed by atoms with Crippen LogP contribution in [0.2, 0.25) is 0 Å². The van der Waals surface area contributed by atoms with E-state index in [1.54, 1.807) is 7.05 Å². The van der Waals surface area contributed by atoms with E-state index in [-0.39, 0.29) is 24.0 Å². The summed E-state index contributed by atoms with van der Waals surface area (Å²) in [6.07, 6.45) is 1.04. The number of carbonyl (C=O) groups is 2. The van der Waals surface area contributed by atoms with Gasteiger partial charge in [0.2, 0.25) is 5.91 Å². The average molecular weight is 299 g/mol. The van der Waals surface area contributed by atoms with Crippen LogP contribution in [0.3, 0.4) is 0 Å². The zero-order chi connectivity index (χ0) is 14.2. The molecular formula is C13H21N3O3S. The van der Waals surface area contributed by atoms with Gasteiger partial charge in [-0.2, -0.15) is 11.8 Å². The number of urea groups is 1. The molecule has 0 radical (unpaired) electrons. The van der Waals surface area contributed by atoms with Crippen molar-refractivity contribution >= 4 is 23.7 Å². The average Bonchev–Trinajstić information content (AvgIpc) is 3.02. The molecule has 3 aliphatic heterocycles. The van der Waals surface area contributed by atoms with Crippen molar-refractivity contribution in [1.82, 2.24) is 14.7 Å². The Labute approximate surface area is 123 Å². The van der Waals surface area contributed by atoms with Crippen LogP contribution in [-0.4, -0.2) is 90.1 Å². The van der Waals surface area contributed by atoms with Crippen LogP contribution in [-0.2, 0) is 9.53 Å². The number of morpholine rings is 1. The Morgan fingerprint density at radius 1 is 1.30 bits per heavy atom. The maximum Gasteiger partial charge on any atom is 0.327 e. The first-order valence-corrected chi connectivity index (χ1v) is 8.24. The second kappa shape index (κ2) is 5.54. The first kappa shape index (κ1) is 14.2. The van der Waals surface area contributed by atoms with Crippen LogP contribution < -0.4 is 0 Å². The van der Waals surface area contributed by atoms with Crippen molar-refractivity contribution in [2.24, 2.45) is 0 Å². The van der Waals surface area contributed by atoms with Crippen molar-refractivity contribution in [3.05, 3.63) is 0 Å². The Kier molecular flexibility index (Phi) is 3.92. The van der Waals surface area contributed by atoms with Crippen LogP contribution in [0.25, 0.3) is 0 Å². The number of imide groups is 1. The minimum atomic E-state index is -0.153. The minimum absolute atomic E-state index is 0.0506. The van der Waals surface area contributed by atoms with Crippen molar-refractivity contribution in [1.29, 1.82) is 0 Å². The molecule has 0 aromatic carbocycles. The molecule has 7 heteroatoms. The molecule has 3 fully saturated rings. The Morgan fingerprint density at radius 2 is 2.05 bits per heavy atom. The molecular weight excluding hydrogens is 278 g/mol. The van der Waals surface area contributed by atoms with Gasteiger partial charge < -0.3 is 9.64 Å². The summed E-state index contributed by atoms with van der Waals surface area (Å²) < 4.78 is 5.43. The first-order chi connectivity index (χ1) is 9.62. The molecule has 1 atom stereocenters. The van der Waals surface area contributed by atoms with Gasteiger partial charge in [-0.15, -0.1) is 0 Å². The number of hydrogen-bond donors (Lipinski definition) is 0. The number of nitrogens with zero attached hydrogens (tertiary/aromatic N) is 3. The summed E-state index contributed by atoms with van der Waals surface area (Å²) in [5.41, 5.74) is -0.0506. The quantitative estimate of drug-likeness (QED) is 0.691. The molecule has 112 valence electrons. The van der Waals surface area contributed by atoms with Gasteiger partial charge in [0.25, 0.3) is 0 Å². The Bertz CT molecular complexity index is 406. The molecule has 0 spiro atoms. The monoisotopic (exact) mass is 299 g/mol. The summed E-state index contributed by atoms with van der Waals surface area (Å²) in [5.74, 6) is 2.03. The molecule has 0 N–H and O–H groups in total. The number of rotatable bonds is 3. The van der Waals surface area contributed by atoms with Crippen molar-refractivity contribution in [2.75, 3.05) is 57.9 Å². The lowest BCUT2D eigenvalue weighted by Crippen LogP contribution is -2.60. The molecule has 3 saturated heterocycles. The van der Waals surface area contributed by atoms with Gasteiger partial charge >= 0.3 is 6.03 Å². The Hall–Kier alpha value is -0.790. The SMILES string of the molecule is CN1CC(=O)N(CC2(N3CCOCC3)CCSC2)C1=O. The van der Waals surface area contributed by atoms with Crippen molar-refractivity contribution < 1.29 is 14.3 Å². The number of carbonyl (C=O) groups excluding carboxylic acids is 2. The van der Waals surface area contributed by atoms with E-state index in [0.29, 0.717) is 6.54 Å². The summed E-state index contributed by atoms with van der Waals surface area (Å²) in [7, 11) is 1.69. The summed E-state index contributed by atoms with van der Waals surface area (Å²) in [6, 6.07) is -0.153. The zero-order valence-electron chi connectivity index (χ0n) is 11.8. The number of thioether (sulfide) groups is 1. The van der Waals surface area contributed by atoms with Gasteiger partial charge in [0, 0.05) is 38.0 Å². The van der Waals surface area contributed by atoms with Crippen LogP contribution in [0.4, 0.5) is 4.79 Å². The second-order valence-corrected chi connectivity index (χ2v) is 6.85. The van der Waals surface area contributed by atoms with E-state index < -0.39 is 0 Å². The molecule has 0 saturated carbocycles. The number of likely N-dealkylation sites (N-methyl/N-ethyl adjacent to an activating group) is 1. The van der Waals surface area contributed by atoms with E-state index in [9.17, 15) is 9.59 Å². The summed E-state index contributed by atoms with van der Waals surface area (Å²) in [6.45, 7) is 4.02. The molecule has 3 rings (SSSR count). The summed E-state index contributed by atoms with van der Waals surface area (Å²) in [5, 5.41) is 0. The van der Waals surface area contributed by atoms with E-state index in [4.69, 9.17) is 4.74 Å².